The predicted molar refractivity (Wildman–Crippen MR) is 90.1 cm³/mol. The van der Waals surface area contributed by atoms with Crippen molar-refractivity contribution in [2.75, 3.05) is 7.05 Å². The van der Waals surface area contributed by atoms with Crippen molar-refractivity contribution in [2.24, 2.45) is 4.99 Å². The molecule has 0 fully saturated rings. The summed E-state index contributed by atoms with van der Waals surface area (Å²) in [6, 6.07) is 0.473. The third-order valence-electron chi connectivity index (χ3n) is 3.26. The fourth-order valence-corrected chi connectivity index (χ4v) is 2.00. The number of hydrogen-bond donors (Lipinski definition) is 0. The largest absolute Gasteiger partial charge is 0.353 e. The fraction of sp³-hybridized carbons (Fsp3) is 0.389. The van der Waals surface area contributed by atoms with E-state index < -0.39 is 0 Å². The van der Waals surface area contributed by atoms with Crippen LogP contribution in [0.3, 0.4) is 0 Å². The van der Waals surface area contributed by atoms with E-state index in [1.54, 1.807) is 6.08 Å². The molecule has 0 aromatic heterocycles. The molecule has 2 nitrogen and oxygen atoms in total. The van der Waals surface area contributed by atoms with E-state index in [1.807, 2.05) is 6.08 Å². The molecule has 20 heavy (non-hydrogen) atoms. The molecule has 0 radical (unpaired) electrons. The molecule has 1 rings (SSSR count). The Kier molecular flexibility index (Phi) is 6.78. The van der Waals surface area contributed by atoms with Gasteiger partial charge in [-0.25, -0.2) is 0 Å². The van der Waals surface area contributed by atoms with Crippen molar-refractivity contribution in [3.05, 3.63) is 60.8 Å². The maximum atomic E-state index is 4.86. The molecule has 0 aromatic carbocycles. The van der Waals surface area contributed by atoms with Gasteiger partial charge in [0.1, 0.15) is 5.84 Å². The normalized spacial score (nSPS) is 30.1. The number of likely N-dealkylation sites (N-methyl/N-ethyl adjacent to an activating group) is 1. The minimum atomic E-state index is 0.166. The first-order valence-electron chi connectivity index (χ1n) is 7.25. The number of allylic oxidation sites excluding steroid dienone is 5. The van der Waals surface area contributed by atoms with Crippen LogP contribution in [-0.4, -0.2) is 29.9 Å². The van der Waals surface area contributed by atoms with Crippen LogP contribution in [0.15, 0.2) is 65.8 Å². The van der Waals surface area contributed by atoms with Crippen molar-refractivity contribution in [1.82, 2.24) is 4.90 Å². The Morgan fingerprint density at radius 3 is 2.70 bits per heavy atom. The quantitative estimate of drug-likeness (QED) is 0.695. The second kappa shape index (κ2) is 8.36. The summed E-state index contributed by atoms with van der Waals surface area (Å²) in [6.45, 7) is 10.2. The Hall–Kier alpha value is -1.83. The van der Waals surface area contributed by atoms with Crippen molar-refractivity contribution in [1.29, 1.82) is 0 Å². The minimum Gasteiger partial charge on any atom is -0.353 e. The van der Waals surface area contributed by atoms with Gasteiger partial charge < -0.3 is 4.90 Å². The van der Waals surface area contributed by atoms with Gasteiger partial charge in [-0.15, -0.1) is 0 Å². The van der Waals surface area contributed by atoms with Gasteiger partial charge in [-0.05, 0) is 20.3 Å². The molecular formula is C18H26N2. The predicted octanol–water partition coefficient (Wildman–Crippen LogP) is 4.30. The van der Waals surface area contributed by atoms with E-state index in [9.17, 15) is 0 Å². The molecule has 1 aliphatic heterocycles. The molecule has 0 amide bonds. The van der Waals surface area contributed by atoms with Crippen LogP contribution in [-0.2, 0) is 0 Å². The third-order valence-corrected chi connectivity index (χ3v) is 3.26. The van der Waals surface area contributed by atoms with E-state index in [0.29, 0.717) is 6.04 Å². The van der Waals surface area contributed by atoms with Crippen LogP contribution in [0.2, 0.25) is 0 Å². The van der Waals surface area contributed by atoms with Gasteiger partial charge in [0.15, 0.2) is 0 Å². The molecule has 2 atom stereocenters. The maximum Gasteiger partial charge on any atom is 0.131 e. The SMILES string of the molecule is C=C\C=C/C(=C\CC)C1=N/[C@@H](C)/C=C\C=C/C(C)N\1C. The summed E-state index contributed by atoms with van der Waals surface area (Å²) in [4.78, 5) is 7.08. The molecule has 0 saturated carbocycles. The van der Waals surface area contributed by atoms with Crippen LogP contribution in [0.5, 0.6) is 0 Å². The zero-order chi connectivity index (χ0) is 15.0. The van der Waals surface area contributed by atoms with Gasteiger partial charge in [0.05, 0.1) is 6.04 Å². The molecular weight excluding hydrogens is 244 g/mol. The molecule has 1 unspecified atom stereocenters. The molecule has 0 spiro atoms. The Balaban J connectivity index is 3.24. The molecule has 0 aromatic rings. The highest BCUT2D eigenvalue weighted by Gasteiger charge is 2.15. The topological polar surface area (TPSA) is 15.6 Å². The van der Waals surface area contributed by atoms with Crippen LogP contribution in [0.25, 0.3) is 0 Å². The van der Waals surface area contributed by atoms with Gasteiger partial charge >= 0.3 is 0 Å². The Bertz CT molecular complexity index is 464. The molecule has 0 saturated heterocycles. The van der Waals surface area contributed by atoms with E-state index in [1.165, 1.54) is 0 Å². The highest BCUT2D eigenvalue weighted by Crippen LogP contribution is 2.14. The maximum absolute atomic E-state index is 4.86. The highest BCUT2D eigenvalue weighted by molar-refractivity contribution is 6.01. The van der Waals surface area contributed by atoms with Crippen molar-refractivity contribution in [3.63, 3.8) is 0 Å². The number of amidine groups is 1. The summed E-state index contributed by atoms with van der Waals surface area (Å²) in [7, 11) is 2.09. The lowest BCUT2D eigenvalue weighted by atomic mass is 10.1. The van der Waals surface area contributed by atoms with Gasteiger partial charge in [0, 0.05) is 18.7 Å². The van der Waals surface area contributed by atoms with Gasteiger partial charge in [-0.3, -0.25) is 4.99 Å². The summed E-state index contributed by atoms with van der Waals surface area (Å²) in [6.07, 6.45) is 17.5. The van der Waals surface area contributed by atoms with Crippen LogP contribution in [0.4, 0.5) is 0 Å². The van der Waals surface area contributed by atoms with Crippen LogP contribution in [0.1, 0.15) is 27.2 Å². The van der Waals surface area contributed by atoms with E-state index in [2.05, 4.69) is 75.8 Å². The van der Waals surface area contributed by atoms with Gasteiger partial charge in [-0.1, -0.05) is 62.1 Å². The molecule has 2 heteroatoms. The lowest BCUT2D eigenvalue weighted by Crippen LogP contribution is -2.35. The molecule has 0 bridgehead atoms. The van der Waals surface area contributed by atoms with Crippen LogP contribution in [0, 0.1) is 0 Å². The first-order chi connectivity index (χ1) is 9.60. The van der Waals surface area contributed by atoms with Crippen LogP contribution >= 0.6 is 0 Å². The third kappa shape index (κ3) is 4.69. The van der Waals surface area contributed by atoms with E-state index >= 15 is 0 Å². The first-order valence-corrected chi connectivity index (χ1v) is 7.25. The standard InChI is InChI=1S/C18H26N2/c1-6-8-14-17(11-7-2)18-19-15(3)12-9-10-13-16(4)20(18)5/h6,8-16H,1,7H2,2-5H3/b12-9-,13-10-,14-8-,17-11+,19-18-/t15-,16?/m0/s1. The van der Waals surface area contributed by atoms with E-state index in [4.69, 9.17) is 4.99 Å². The second-order valence-corrected chi connectivity index (χ2v) is 4.98. The second-order valence-electron chi connectivity index (χ2n) is 4.98. The summed E-state index contributed by atoms with van der Waals surface area (Å²) < 4.78 is 0. The molecule has 0 aliphatic carbocycles. The molecule has 1 heterocycles. The zero-order valence-electron chi connectivity index (χ0n) is 13.1. The number of hydrogen-bond acceptors (Lipinski definition) is 2. The van der Waals surface area contributed by atoms with Crippen molar-refractivity contribution in [2.45, 2.75) is 39.3 Å². The monoisotopic (exact) mass is 270 g/mol. The number of rotatable bonds is 4. The van der Waals surface area contributed by atoms with Crippen molar-refractivity contribution in [3.8, 4) is 0 Å². The first kappa shape index (κ1) is 16.2. The lowest BCUT2D eigenvalue weighted by Gasteiger charge is -2.27. The summed E-state index contributed by atoms with van der Waals surface area (Å²) >= 11 is 0. The Labute approximate surface area is 123 Å². The van der Waals surface area contributed by atoms with Gasteiger partial charge in [-0.2, -0.15) is 0 Å². The van der Waals surface area contributed by atoms with Gasteiger partial charge in [0.25, 0.3) is 0 Å². The average Bonchev–Trinajstić information content (AvgIpc) is 2.49. The summed E-state index contributed by atoms with van der Waals surface area (Å²) in [5.74, 6) is 1.03. The van der Waals surface area contributed by atoms with E-state index in [0.717, 1.165) is 17.8 Å². The molecule has 108 valence electrons. The molecule has 1 aliphatic rings. The molecule has 0 N–H and O–H groups in total. The smallest absolute Gasteiger partial charge is 0.131 e. The average molecular weight is 270 g/mol. The van der Waals surface area contributed by atoms with Crippen LogP contribution < -0.4 is 0 Å². The lowest BCUT2D eigenvalue weighted by molar-refractivity contribution is 0.451. The number of aliphatic imine (C=N–C) groups is 1. The fourth-order valence-electron chi connectivity index (χ4n) is 2.00. The minimum absolute atomic E-state index is 0.166. The van der Waals surface area contributed by atoms with Crippen molar-refractivity contribution >= 4 is 5.84 Å². The Morgan fingerprint density at radius 2 is 2.05 bits per heavy atom. The van der Waals surface area contributed by atoms with Gasteiger partial charge in [0.2, 0.25) is 0 Å². The number of nitrogens with zero attached hydrogens (tertiary/aromatic N) is 2. The van der Waals surface area contributed by atoms with E-state index in [-0.39, 0.29) is 6.04 Å². The zero-order valence-corrected chi connectivity index (χ0v) is 13.1. The summed E-state index contributed by atoms with van der Waals surface area (Å²) in [5, 5.41) is 0. The van der Waals surface area contributed by atoms with Crippen molar-refractivity contribution < 1.29 is 0 Å². The Morgan fingerprint density at radius 1 is 1.35 bits per heavy atom. The highest BCUT2D eigenvalue weighted by atomic mass is 15.2. The summed E-state index contributed by atoms with van der Waals surface area (Å²) in [5.41, 5.74) is 1.15.